The molecule has 1 fully saturated rings. The van der Waals surface area contributed by atoms with Crippen LogP contribution in [-0.4, -0.2) is 63.8 Å². The van der Waals surface area contributed by atoms with Crippen LogP contribution in [0.15, 0.2) is 71.3 Å². The van der Waals surface area contributed by atoms with Gasteiger partial charge in [-0.3, -0.25) is 14.6 Å². The Morgan fingerprint density at radius 2 is 2.05 bits per heavy atom. The van der Waals surface area contributed by atoms with Gasteiger partial charge in [-0.05, 0) is 60.0 Å². The maximum absolute atomic E-state index is 12.8. The Labute approximate surface area is 236 Å². The highest BCUT2D eigenvalue weighted by atomic mass is 35.5. The number of carbonyl (C=O) groups is 3. The lowest BCUT2D eigenvalue weighted by Gasteiger charge is -2.38. The number of aromatic nitrogens is 1. The number of amides is 1. The van der Waals surface area contributed by atoms with E-state index in [2.05, 4.69) is 23.4 Å². The van der Waals surface area contributed by atoms with Gasteiger partial charge < -0.3 is 4.74 Å². The first kappa shape index (κ1) is 29.5. The molecule has 1 aromatic heterocycles. The van der Waals surface area contributed by atoms with Crippen molar-refractivity contribution in [3.8, 4) is 11.8 Å². The maximum atomic E-state index is 12.8. The Hall–Kier alpha value is -3.03. The molecule has 7 nitrogen and oxygen atoms in total. The number of methoxy groups -OCH3 is 1. The molecule has 3 rings (SSSR count). The Bertz CT molecular complexity index is 1260. The van der Waals surface area contributed by atoms with Crippen LogP contribution < -0.4 is 0 Å². The molecule has 38 heavy (non-hydrogen) atoms. The van der Waals surface area contributed by atoms with Crippen LogP contribution in [0.1, 0.15) is 29.7 Å². The molecule has 0 saturated carbocycles. The van der Waals surface area contributed by atoms with Gasteiger partial charge in [-0.2, -0.15) is 0 Å². The van der Waals surface area contributed by atoms with Gasteiger partial charge >= 0.3 is 5.30 Å². The first-order valence-electron chi connectivity index (χ1n) is 11.9. The number of ketones is 1. The monoisotopic (exact) mass is 569 g/mol. The van der Waals surface area contributed by atoms with Crippen LogP contribution in [-0.2, 0) is 16.0 Å². The standard InChI is InChI=1S/C28H28ClN3O4S2/c1-3-25(29)26(38-28(35)36-2)13-16-32-27(34)37-18-17-31(32)15-12-24(33)20-22-8-6-7-21(19-22)10-11-23-9-4-5-14-30-23/h3-9,14,19H,1,12-13,15-18,20H2,2H3/b26-25+. The Morgan fingerprint density at radius 3 is 2.79 bits per heavy atom. The third kappa shape index (κ3) is 9.37. The minimum atomic E-state index is -0.492. The molecule has 0 aliphatic carbocycles. The zero-order valence-electron chi connectivity index (χ0n) is 21.0. The number of benzene rings is 1. The molecule has 198 valence electrons. The van der Waals surface area contributed by atoms with E-state index in [4.69, 9.17) is 16.3 Å². The number of allylic oxidation sites excluding steroid dienone is 2. The minimum Gasteiger partial charge on any atom is -0.461 e. The van der Waals surface area contributed by atoms with E-state index in [1.54, 1.807) is 11.2 Å². The topological polar surface area (TPSA) is 79.8 Å². The fourth-order valence-corrected chi connectivity index (χ4v) is 5.30. The second-order valence-corrected chi connectivity index (χ2v) is 10.6. The summed E-state index contributed by atoms with van der Waals surface area (Å²) >= 11 is 8.33. The second kappa shape index (κ2) is 15.4. The molecule has 1 aliphatic heterocycles. The van der Waals surface area contributed by atoms with E-state index in [0.29, 0.717) is 53.9 Å². The molecule has 2 heterocycles. The van der Waals surface area contributed by atoms with E-state index in [1.807, 2.05) is 47.5 Å². The van der Waals surface area contributed by atoms with Gasteiger partial charge in [0.15, 0.2) is 0 Å². The molecule has 1 saturated heterocycles. The number of rotatable bonds is 10. The summed E-state index contributed by atoms with van der Waals surface area (Å²) in [5.74, 6) is 6.84. The van der Waals surface area contributed by atoms with Gasteiger partial charge in [-0.25, -0.2) is 14.8 Å². The van der Waals surface area contributed by atoms with Gasteiger partial charge in [-0.15, -0.1) is 0 Å². The number of nitrogens with zero attached hydrogens (tertiary/aromatic N) is 3. The van der Waals surface area contributed by atoms with Crippen molar-refractivity contribution in [3.05, 3.63) is 88.1 Å². The lowest BCUT2D eigenvalue weighted by Crippen LogP contribution is -2.50. The summed E-state index contributed by atoms with van der Waals surface area (Å²) in [6.45, 7) is 5.03. The summed E-state index contributed by atoms with van der Waals surface area (Å²) in [5.41, 5.74) is 2.39. The quantitative estimate of drug-likeness (QED) is 0.199. The Balaban J connectivity index is 1.58. The molecule has 0 N–H and O–H groups in total. The highest BCUT2D eigenvalue weighted by Crippen LogP contribution is 2.29. The molecule has 0 atom stereocenters. The van der Waals surface area contributed by atoms with Crippen molar-refractivity contribution in [3.63, 3.8) is 0 Å². The third-order valence-corrected chi connectivity index (χ3v) is 7.82. The van der Waals surface area contributed by atoms with Crippen LogP contribution in [0.5, 0.6) is 0 Å². The number of hydrogen-bond acceptors (Lipinski definition) is 8. The zero-order valence-corrected chi connectivity index (χ0v) is 23.4. The van der Waals surface area contributed by atoms with Crippen LogP contribution >= 0.6 is 35.1 Å². The number of halogens is 1. The van der Waals surface area contributed by atoms with Crippen molar-refractivity contribution >= 4 is 51.4 Å². The van der Waals surface area contributed by atoms with E-state index in [0.717, 1.165) is 22.9 Å². The van der Waals surface area contributed by atoms with Crippen molar-refractivity contribution in [1.29, 1.82) is 0 Å². The average Bonchev–Trinajstić information content (AvgIpc) is 2.94. The van der Waals surface area contributed by atoms with Crippen molar-refractivity contribution in [2.24, 2.45) is 0 Å². The minimum absolute atomic E-state index is 0.0713. The Kier molecular flexibility index (Phi) is 12.0. The molecule has 0 unspecified atom stereocenters. The fraction of sp³-hybridized carbons (Fsp3) is 0.286. The van der Waals surface area contributed by atoms with Crippen molar-refractivity contribution < 1.29 is 19.1 Å². The van der Waals surface area contributed by atoms with Crippen LogP contribution in [0.3, 0.4) is 0 Å². The van der Waals surface area contributed by atoms with Gasteiger partial charge in [0, 0.05) is 54.9 Å². The first-order chi connectivity index (χ1) is 18.4. The number of hydrazine groups is 1. The SMILES string of the molecule is C=C/C(Cl)=C(/CCN1C(=O)SCCN1CCC(=O)Cc1cccc(C#Cc2ccccn2)c1)SC(=O)OC. The van der Waals surface area contributed by atoms with Gasteiger partial charge in [0.05, 0.1) is 12.1 Å². The number of Topliss-reactive ketones (excluding diaryl/α,β-unsaturated/α-hetero) is 1. The lowest BCUT2D eigenvalue weighted by atomic mass is 10.0. The van der Waals surface area contributed by atoms with Crippen LogP contribution in [0.4, 0.5) is 9.59 Å². The normalized spacial score (nSPS) is 14.3. The second-order valence-electron chi connectivity index (χ2n) is 8.10. The lowest BCUT2D eigenvalue weighted by molar-refractivity contribution is -0.119. The molecule has 2 aromatic rings. The van der Waals surface area contributed by atoms with Gasteiger partial charge in [0.1, 0.15) is 11.5 Å². The number of pyridine rings is 1. The highest BCUT2D eigenvalue weighted by molar-refractivity contribution is 8.16. The van der Waals surface area contributed by atoms with E-state index < -0.39 is 5.30 Å². The molecule has 1 amide bonds. The highest BCUT2D eigenvalue weighted by Gasteiger charge is 2.27. The van der Waals surface area contributed by atoms with Crippen molar-refractivity contribution in [2.45, 2.75) is 19.3 Å². The molecule has 0 radical (unpaired) electrons. The molecule has 1 aliphatic rings. The summed E-state index contributed by atoms with van der Waals surface area (Å²) in [6.07, 6.45) is 4.09. The summed E-state index contributed by atoms with van der Waals surface area (Å²) < 4.78 is 4.72. The molecular weight excluding hydrogens is 542 g/mol. The maximum Gasteiger partial charge on any atom is 0.371 e. The summed E-state index contributed by atoms with van der Waals surface area (Å²) in [7, 11) is 1.30. The Morgan fingerprint density at radius 1 is 1.21 bits per heavy atom. The molecule has 1 aromatic carbocycles. The van der Waals surface area contributed by atoms with Crippen LogP contribution in [0, 0.1) is 11.8 Å². The van der Waals surface area contributed by atoms with Crippen LogP contribution in [0.2, 0.25) is 0 Å². The smallest absolute Gasteiger partial charge is 0.371 e. The van der Waals surface area contributed by atoms with Gasteiger partial charge in [0.25, 0.3) is 5.24 Å². The van der Waals surface area contributed by atoms with Crippen molar-refractivity contribution in [1.82, 2.24) is 15.0 Å². The zero-order chi connectivity index (χ0) is 27.3. The summed E-state index contributed by atoms with van der Waals surface area (Å²) in [5, 5.41) is 3.27. The largest absolute Gasteiger partial charge is 0.461 e. The van der Waals surface area contributed by atoms with E-state index >= 15 is 0 Å². The molecule has 0 spiro atoms. The predicted molar refractivity (Wildman–Crippen MR) is 154 cm³/mol. The number of ether oxygens (including phenoxy) is 1. The van der Waals surface area contributed by atoms with E-state index in [1.165, 1.54) is 24.9 Å². The predicted octanol–water partition coefficient (Wildman–Crippen LogP) is 5.90. The molecule has 0 bridgehead atoms. The van der Waals surface area contributed by atoms with Gasteiger partial charge in [-0.1, -0.05) is 54.1 Å². The summed E-state index contributed by atoms with van der Waals surface area (Å²) in [6, 6.07) is 13.2. The number of thioether (sulfide) groups is 2. The van der Waals surface area contributed by atoms with Gasteiger partial charge in [0.2, 0.25) is 0 Å². The van der Waals surface area contributed by atoms with E-state index in [-0.39, 0.29) is 17.4 Å². The molecule has 10 heteroatoms. The number of carbonyl (C=O) groups excluding carboxylic acids is 3. The van der Waals surface area contributed by atoms with E-state index in [9.17, 15) is 14.4 Å². The van der Waals surface area contributed by atoms with Crippen molar-refractivity contribution in [2.75, 3.05) is 32.5 Å². The first-order valence-corrected chi connectivity index (χ1v) is 14.1. The summed E-state index contributed by atoms with van der Waals surface area (Å²) in [4.78, 5) is 42.0. The fourth-order valence-electron chi connectivity index (χ4n) is 3.60. The number of hydrogen-bond donors (Lipinski definition) is 0. The average molecular weight is 570 g/mol. The molecular formula is C28H28ClN3O4S2. The third-order valence-electron chi connectivity index (χ3n) is 5.47. The van der Waals surface area contributed by atoms with Crippen LogP contribution in [0.25, 0.3) is 0 Å².